The third kappa shape index (κ3) is 13.7. The molecule has 0 aliphatic heterocycles. The molecule has 10 nitrogen and oxygen atoms in total. The van der Waals surface area contributed by atoms with E-state index in [1.807, 2.05) is 58.0 Å². The van der Waals surface area contributed by atoms with Gasteiger partial charge in [0.15, 0.2) is 0 Å². The van der Waals surface area contributed by atoms with Crippen LogP contribution in [0.1, 0.15) is 57.2 Å². The molecule has 0 saturated heterocycles. The summed E-state index contributed by atoms with van der Waals surface area (Å²) in [7, 11) is -4.93. The molecule has 0 aliphatic rings. The molecule has 0 radical (unpaired) electrons. The Bertz CT molecular complexity index is 1290. The molecular formula is C31H46FN5O5S. The van der Waals surface area contributed by atoms with Gasteiger partial charge in [0.2, 0.25) is 17.7 Å². The normalized spacial score (nSPS) is 14.5. The van der Waals surface area contributed by atoms with Gasteiger partial charge in [0.05, 0.1) is 6.04 Å². The summed E-state index contributed by atoms with van der Waals surface area (Å²) in [6.07, 6.45) is 0.864. The second kappa shape index (κ2) is 17.1. The molecule has 0 unspecified atom stereocenters. The molecule has 2 aromatic rings. The van der Waals surface area contributed by atoms with Gasteiger partial charge in [0, 0.05) is 12.6 Å². The van der Waals surface area contributed by atoms with Gasteiger partial charge in [-0.25, -0.2) is 0 Å². The molecule has 2 aromatic carbocycles. The Morgan fingerprint density at radius 1 is 0.721 bits per heavy atom. The third-order valence-electron chi connectivity index (χ3n) is 6.80. The molecule has 0 bridgehead atoms. The predicted octanol–water partition coefficient (Wildman–Crippen LogP) is 2.10. The molecule has 4 atom stereocenters. The highest BCUT2D eigenvalue weighted by molar-refractivity contribution is 7.86. The molecule has 0 aromatic heterocycles. The monoisotopic (exact) mass is 619 g/mol. The van der Waals surface area contributed by atoms with Crippen molar-refractivity contribution >= 4 is 27.9 Å². The SMILES string of the molecule is CC(C)C[C@H](NC(=O)[C@H](CC(C)C)NC(=O)[C@@H](N)Cc1ccccc1)C(=O)N[C@@H](Cc1ccc(CN)cc1)CS(=O)(=O)F. The molecule has 0 spiro atoms. The van der Waals surface area contributed by atoms with E-state index in [4.69, 9.17) is 11.5 Å². The number of hydrogen-bond acceptors (Lipinski definition) is 7. The van der Waals surface area contributed by atoms with Gasteiger partial charge in [-0.15, -0.1) is 3.89 Å². The molecule has 3 amide bonds. The number of benzene rings is 2. The lowest BCUT2D eigenvalue weighted by atomic mass is 9.99. The Morgan fingerprint density at radius 3 is 1.67 bits per heavy atom. The van der Waals surface area contributed by atoms with Crippen LogP contribution in [0.3, 0.4) is 0 Å². The van der Waals surface area contributed by atoms with Gasteiger partial charge in [-0.2, -0.15) is 8.42 Å². The van der Waals surface area contributed by atoms with Gasteiger partial charge in [-0.05, 0) is 54.2 Å². The molecule has 43 heavy (non-hydrogen) atoms. The van der Waals surface area contributed by atoms with Gasteiger partial charge >= 0.3 is 10.2 Å². The van der Waals surface area contributed by atoms with E-state index in [-0.39, 0.29) is 31.1 Å². The first-order valence-corrected chi connectivity index (χ1v) is 16.1. The summed E-state index contributed by atoms with van der Waals surface area (Å²) in [6.45, 7) is 7.86. The third-order valence-corrected chi connectivity index (χ3v) is 7.60. The van der Waals surface area contributed by atoms with Crippen molar-refractivity contribution in [3.8, 4) is 0 Å². The van der Waals surface area contributed by atoms with Crippen LogP contribution in [0.2, 0.25) is 0 Å². The number of amides is 3. The van der Waals surface area contributed by atoms with Crippen molar-refractivity contribution in [2.45, 2.75) is 84.1 Å². The van der Waals surface area contributed by atoms with E-state index in [0.29, 0.717) is 18.5 Å². The first kappa shape index (κ1) is 35.8. The Hall–Kier alpha value is -3.35. The van der Waals surface area contributed by atoms with Gasteiger partial charge in [-0.1, -0.05) is 82.3 Å². The van der Waals surface area contributed by atoms with E-state index in [9.17, 15) is 26.7 Å². The van der Waals surface area contributed by atoms with Crippen molar-refractivity contribution in [3.63, 3.8) is 0 Å². The van der Waals surface area contributed by atoms with Gasteiger partial charge in [0.1, 0.15) is 17.8 Å². The van der Waals surface area contributed by atoms with Crippen LogP contribution < -0.4 is 27.4 Å². The van der Waals surface area contributed by atoms with Crippen molar-refractivity contribution in [1.82, 2.24) is 16.0 Å². The van der Waals surface area contributed by atoms with Gasteiger partial charge in [-0.3, -0.25) is 14.4 Å². The highest BCUT2D eigenvalue weighted by Crippen LogP contribution is 2.13. The zero-order chi connectivity index (χ0) is 32.2. The van der Waals surface area contributed by atoms with E-state index < -0.39 is 57.9 Å². The molecular weight excluding hydrogens is 573 g/mol. The fourth-order valence-electron chi connectivity index (χ4n) is 4.71. The number of carbonyl (C=O) groups excluding carboxylic acids is 3. The maximum absolute atomic E-state index is 13.8. The second-order valence-corrected chi connectivity index (χ2v) is 13.2. The van der Waals surface area contributed by atoms with Crippen LogP contribution in [0.15, 0.2) is 54.6 Å². The first-order valence-electron chi connectivity index (χ1n) is 14.6. The summed E-state index contributed by atoms with van der Waals surface area (Å²) in [4.78, 5) is 39.8. The maximum Gasteiger partial charge on any atom is 0.304 e. The highest BCUT2D eigenvalue weighted by atomic mass is 32.3. The van der Waals surface area contributed by atoms with Gasteiger partial charge < -0.3 is 27.4 Å². The van der Waals surface area contributed by atoms with E-state index in [1.54, 1.807) is 24.3 Å². The number of nitrogens with one attached hydrogen (secondary N) is 3. The average molecular weight is 620 g/mol. The first-order chi connectivity index (χ1) is 20.2. The van der Waals surface area contributed by atoms with Crippen molar-refractivity contribution in [2.75, 3.05) is 5.75 Å². The fraction of sp³-hybridized carbons (Fsp3) is 0.516. The summed E-state index contributed by atoms with van der Waals surface area (Å²) in [6, 6.07) is 12.3. The number of halogens is 1. The Morgan fingerprint density at radius 2 is 1.19 bits per heavy atom. The summed E-state index contributed by atoms with van der Waals surface area (Å²) in [5.74, 6) is -2.63. The molecule has 238 valence electrons. The summed E-state index contributed by atoms with van der Waals surface area (Å²) >= 11 is 0. The number of hydrogen-bond donors (Lipinski definition) is 5. The zero-order valence-corrected chi connectivity index (χ0v) is 26.2. The predicted molar refractivity (Wildman–Crippen MR) is 166 cm³/mol. The lowest BCUT2D eigenvalue weighted by Gasteiger charge is -2.27. The number of rotatable bonds is 17. The van der Waals surface area contributed by atoms with E-state index in [2.05, 4.69) is 16.0 Å². The molecule has 12 heteroatoms. The Balaban J connectivity index is 2.18. The summed E-state index contributed by atoms with van der Waals surface area (Å²) in [5, 5.41) is 8.09. The number of nitrogens with two attached hydrogens (primary N) is 2. The minimum Gasteiger partial charge on any atom is -0.350 e. The fourth-order valence-corrected chi connectivity index (χ4v) is 5.39. The van der Waals surface area contributed by atoms with E-state index in [1.165, 1.54) is 0 Å². The second-order valence-electron chi connectivity index (χ2n) is 11.8. The molecule has 0 heterocycles. The van der Waals surface area contributed by atoms with Gasteiger partial charge in [0.25, 0.3) is 0 Å². The van der Waals surface area contributed by atoms with Crippen LogP contribution in [0, 0.1) is 11.8 Å². The van der Waals surface area contributed by atoms with E-state index in [0.717, 1.165) is 11.1 Å². The lowest BCUT2D eigenvalue weighted by Crippen LogP contribution is -2.57. The van der Waals surface area contributed by atoms with Crippen LogP contribution in [-0.4, -0.2) is 56.1 Å². The standard InChI is InChI=1S/C31H46FN5O5S/c1-20(2)14-27(30(39)35-25(19-43(32,41)42)16-23-10-12-24(18-33)13-11-23)37-31(40)28(15-21(3)4)36-29(38)26(34)17-22-8-6-5-7-9-22/h5-13,20-21,25-28H,14-19,33-34H2,1-4H3,(H,35,39)(H,36,38)(H,37,40)/t25-,26-,27-,28-/m0/s1. The smallest absolute Gasteiger partial charge is 0.304 e. The minimum absolute atomic E-state index is 0.0272. The van der Waals surface area contributed by atoms with Crippen molar-refractivity contribution in [2.24, 2.45) is 23.3 Å². The number of carbonyl (C=O) groups is 3. The molecule has 2 rings (SSSR count). The largest absolute Gasteiger partial charge is 0.350 e. The van der Waals surface area contributed by atoms with Crippen molar-refractivity contribution in [1.29, 1.82) is 0 Å². The Labute approximate surface area is 254 Å². The van der Waals surface area contributed by atoms with E-state index >= 15 is 0 Å². The van der Waals surface area contributed by atoms with Crippen molar-refractivity contribution in [3.05, 3.63) is 71.3 Å². The topological polar surface area (TPSA) is 173 Å². The lowest BCUT2D eigenvalue weighted by molar-refractivity contribution is -0.133. The van der Waals surface area contributed by atoms with Crippen LogP contribution in [0.25, 0.3) is 0 Å². The molecule has 0 saturated carbocycles. The minimum atomic E-state index is -4.93. The van der Waals surface area contributed by atoms with Crippen LogP contribution in [0.5, 0.6) is 0 Å². The summed E-state index contributed by atoms with van der Waals surface area (Å²) in [5.41, 5.74) is 14.2. The zero-order valence-electron chi connectivity index (χ0n) is 25.4. The van der Waals surface area contributed by atoms with Crippen LogP contribution >= 0.6 is 0 Å². The Kier molecular flexibility index (Phi) is 14.2. The average Bonchev–Trinajstić information content (AvgIpc) is 2.91. The maximum atomic E-state index is 13.8. The molecule has 0 aliphatic carbocycles. The molecule has 7 N–H and O–H groups in total. The summed E-state index contributed by atoms with van der Waals surface area (Å²) < 4.78 is 36.9. The highest BCUT2D eigenvalue weighted by Gasteiger charge is 2.31. The van der Waals surface area contributed by atoms with Crippen molar-refractivity contribution < 1.29 is 26.7 Å². The van der Waals surface area contributed by atoms with Crippen LogP contribution in [0.4, 0.5) is 3.89 Å². The quantitative estimate of drug-likeness (QED) is 0.169. The van der Waals surface area contributed by atoms with Crippen LogP contribution in [-0.2, 0) is 44.0 Å². The molecule has 0 fully saturated rings.